The molecule has 1 unspecified atom stereocenters. The average molecular weight is 400 g/mol. The Labute approximate surface area is 167 Å². The monoisotopic (exact) mass is 400 g/mol. The zero-order valence-corrected chi connectivity index (χ0v) is 15.9. The number of carbonyl (C=O) groups is 2. The Hall–Kier alpha value is -2.87. The summed E-state index contributed by atoms with van der Waals surface area (Å²) in [5, 5.41) is 0. The fraction of sp³-hybridized carbons (Fsp3) is 0.381. The standard InChI is InChI=1S/C21H22F2N4O2/c22-17-10-16(11-18(23)12-17)20(28)26-8-6-25(7-9-26)19-3-5-27(21(19)29)14-15-2-1-4-24-13-15/h1-2,4,10-13,19H,3,5-9,14H2. The van der Waals surface area contributed by atoms with Crippen molar-refractivity contribution in [3.8, 4) is 0 Å². The van der Waals surface area contributed by atoms with Crippen molar-refractivity contribution in [3.63, 3.8) is 0 Å². The predicted octanol–water partition coefficient (Wildman–Crippen LogP) is 1.92. The van der Waals surface area contributed by atoms with Gasteiger partial charge in [-0.3, -0.25) is 19.5 Å². The maximum atomic E-state index is 13.4. The van der Waals surface area contributed by atoms with Crippen molar-refractivity contribution in [3.05, 3.63) is 65.5 Å². The first-order valence-electron chi connectivity index (χ1n) is 9.68. The van der Waals surface area contributed by atoms with Gasteiger partial charge in [0.05, 0.1) is 6.04 Å². The molecule has 4 rings (SSSR count). The zero-order chi connectivity index (χ0) is 20.4. The number of amides is 2. The number of benzene rings is 1. The number of likely N-dealkylation sites (tertiary alicyclic amines) is 1. The number of halogens is 2. The van der Waals surface area contributed by atoms with Gasteiger partial charge in [-0.05, 0) is 30.2 Å². The third kappa shape index (κ3) is 4.27. The van der Waals surface area contributed by atoms with Crippen LogP contribution in [0.4, 0.5) is 8.78 Å². The Balaban J connectivity index is 1.34. The van der Waals surface area contributed by atoms with Crippen LogP contribution in [-0.2, 0) is 11.3 Å². The molecule has 2 saturated heterocycles. The topological polar surface area (TPSA) is 56.8 Å². The van der Waals surface area contributed by atoms with E-state index in [1.54, 1.807) is 17.3 Å². The maximum Gasteiger partial charge on any atom is 0.254 e. The van der Waals surface area contributed by atoms with Crippen LogP contribution < -0.4 is 0 Å². The van der Waals surface area contributed by atoms with Crippen molar-refractivity contribution < 1.29 is 18.4 Å². The van der Waals surface area contributed by atoms with Crippen molar-refractivity contribution in [1.29, 1.82) is 0 Å². The number of aromatic nitrogens is 1. The molecule has 0 spiro atoms. The van der Waals surface area contributed by atoms with E-state index in [0.29, 0.717) is 39.3 Å². The van der Waals surface area contributed by atoms with Gasteiger partial charge < -0.3 is 9.80 Å². The molecule has 2 amide bonds. The number of carbonyl (C=O) groups excluding carboxylic acids is 2. The number of nitrogens with zero attached hydrogens (tertiary/aromatic N) is 4. The van der Waals surface area contributed by atoms with Crippen LogP contribution in [0.2, 0.25) is 0 Å². The second-order valence-electron chi connectivity index (χ2n) is 7.41. The Morgan fingerprint density at radius 1 is 1.07 bits per heavy atom. The summed E-state index contributed by atoms with van der Waals surface area (Å²) in [6.45, 7) is 3.20. The number of pyridine rings is 1. The Morgan fingerprint density at radius 2 is 1.79 bits per heavy atom. The minimum atomic E-state index is -0.766. The fourth-order valence-corrected chi connectivity index (χ4v) is 4.03. The summed E-state index contributed by atoms with van der Waals surface area (Å²) in [6.07, 6.45) is 4.22. The number of hydrogen-bond donors (Lipinski definition) is 0. The van der Waals surface area contributed by atoms with Crippen LogP contribution in [0.15, 0.2) is 42.7 Å². The molecule has 1 aromatic carbocycles. The first-order valence-corrected chi connectivity index (χ1v) is 9.68. The van der Waals surface area contributed by atoms with E-state index in [0.717, 1.165) is 30.2 Å². The predicted molar refractivity (Wildman–Crippen MR) is 102 cm³/mol. The Morgan fingerprint density at radius 3 is 2.45 bits per heavy atom. The van der Waals surface area contributed by atoms with Gasteiger partial charge in [0, 0.05) is 63.3 Å². The van der Waals surface area contributed by atoms with Gasteiger partial charge >= 0.3 is 0 Å². The van der Waals surface area contributed by atoms with Crippen molar-refractivity contribution in [2.24, 2.45) is 0 Å². The van der Waals surface area contributed by atoms with Crippen LogP contribution >= 0.6 is 0 Å². The van der Waals surface area contributed by atoms with Crippen molar-refractivity contribution in [1.82, 2.24) is 19.7 Å². The van der Waals surface area contributed by atoms with Crippen molar-refractivity contribution in [2.75, 3.05) is 32.7 Å². The molecule has 2 aliphatic heterocycles. The minimum absolute atomic E-state index is 0.00976. The Kier molecular flexibility index (Phi) is 5.53. The van der Waals surface area contributed by atoms with Gasteiger partial charge in [-0.25, -0.2) is 8.78 Å². The van der Waals surface area contributed by atoms with Gasteiger partial charge in [0.2, 0.25) is 5.91 Å². The third-order valence-electron chi connectivity index (χ3n) is 5.52. The van der Waals surface area contributed by atoms with E-state index in [1.807, 2.05) is 17.0 Å². The van der Waals surface area contributed by atoms with Crippen LogP contribution in [0, 0.1) is 11.6 Å². The number of hydrogen-bond acceptors (Lipinski definition) is 4. The van der Waals surface area contributed by atoms with E-state index in [1.165, 1.54) is 0 Å². The second kappa shape index (κ2) is 8.24. The maximum absolute atomic E-state index is 13.4. The molecule has 0 bridgehead atoms. The third-order valence-corrected chi connectivity index (χ3v) is 5.52. The van der Waals surface area contributed by atoms with E-state index >= 15 is 0 Å². The summed E-state index contributed by atoms with van der Waals surface area (Å²) in [6, 6.07) is 6.47. The smallest absolute Gasteiger partial charge is 0.254 e. The lowest BCUT2D eigenvalue weighted by Gasteiger charge is -2.37. The molecular weight excluding hydrogens is 378 g/mol. The summed E-state index contributed by atoms with van der Waals surface area (Å²) in [5.41, 5.74) is 1.01. The average Bonchev–Trinajstić information content (AvgIpc) is 3.08. The molecule has 3 heterocycles. The van der Waals surface area contributed by atoms with Crippen LogP contribution in [0.1, 0.15) is 22.3 Å². The highest BCUT2D eigenvalue weighted by molar-refractivity contribution is 5.94. The molecular formula is C21H22F2N4O2. The van der Waals surface area contributed by atoms with Gasteiger partial charge in [0.1, 0.15) is 11.6 Å². The normalized spacial score (nSPS) is 20.3. The lowest BCUT2D eigenvalue weighted by molar-refractivity contribution is -0.133. The zero-order valence-electron chi connectivity index (χ0n) is 15.9. The molecule has 2 aromatic rings. The molecule has 1 atom stereocenters. The van der Waals surface area contributed by atoms with Gasteiger partial charge in [-0.1, -0.05) is 6.07 Å². The van der Waals surface area contributed by atoms with E-state index < -0.39 is 11.6 Å². The fourth-order valence-electron chi connectivity index (χ4n) is 4.03. The van der Waals surface area contributed by atoms with Gasteiger partial charge in [-0.15, -0.1) is 0 Å². The quantitative estimate of drug-likeness (QED) is 0.787. The largest absolute Gasteiger partial charge is 0.337 e. The Bertz CT molecular complexity index is 881. The first kappa shape index (κ1) is 19.4. The van der Waals surface area contributed by atoms with E-state index in [9.17, 15) is 18.4 Å². The van der Waals surface area contributed by atoms with Crippen molar-refractivity contribution in [2.45, 2.75) is 19.0 Å². The highest BCUT2D eigenvalue weighted by Crippen LogP contribution is 2.21. The molecule has 0 N–H and O–H groups in total. The van der Waals surface area contributed by atoms with E-state index in [-0.39, 0.29) is 23.4 Å². The van der Waals surface area contributed by atoms with Crippen LogP contribution in [0.25, 0.3) is 0 Å². The number of piperazine rings is 1. The number of rotatable bonds is 4. The van der Waals surface area contributed by atoms with Gasteiger partial charge in [-0.2, -0.15) is 0 Å². The SMILES string of the molecule is O=C(c1cc(F)cc(F)c1)N1CCN(C2CCN(Cc3cccnc3)C2=O)CC1. The molecule has 2 fully saturated rings. The molecule has 8 heteroatoms. The molecule has 1 aromatic heterocycles. The first-order chi connectivity index (χ1) is 14.0. The van der Waals surface area contributed by atoms with Gasteiger partial charge in [0.15, 0.2) is 0 Å². The minimum Gasteiger partial charge on any atom is -0.337 e. The summed E-state index contributed by atoms with van der Waals surface area (Å²) >= 11 is 0. The molecule has 6 nitrogen and oxygen atoms in total. The van der Waals surface area contributed by atoms with Crippen LogP contribution in [0.3, 0.4) is 0 Å². The van der Waals surface area contributed by atoms with E-state index in [2.05, 4.69) is 9.88 Å². The molecule has 0 saturated carbocycles. The lowest BCUT2D eigenvalue weighted by atomic mass is 10.1. The summed E-state index contributed by atoms with van der Waals surface area (Å²) in [4.78, 5) is 35.0. The molecule has 29 heavy (non-hydrogen) atoms. The second-order valence-corrected chi connectivity index (χ2v) is 7.41. The molecule has 152 valence electrons. The summed E-state index contributed by atoms with van der Waals surface area (Å²) < 4.78 is 26.8. The molecule has 0 radical (unpaired) electrons. The lowest BCUT2D eigenvalue weighted by Crippen LogP contribution is -2.53. The summed E-state index contributed by atoms with van der Waals surface area (Å²) in [5.74, 6) is -1.82. The van der Waals surface area contributed by atoms with Crippen LogP contribution in [-0.4, -0.2) is 70.3 Å². The molecule has 2 aliphatic rings. The highest BCUT2D eigenvalue weighted by Gasteiger charge is 2.37. The highest BCUT2D eigenvalue weighted by atomic mass is 19.1. The van der Waals surface area contributed by atoms with E-state index in [4.69, 9.17) is 0 Å². The molecule has 0 aliphatic carbocycles. The van der Waals surface area contributed by atoms with Crippen LogP contribution in [0.5, 0.6) is 0 Å². The van der Waals surface area contributed by atoms with Gasteiger partial charge in [0.25, 0.3) is 5.91 Å². The van der Waals surface area contributed by atoms with Crippen molar-refractivity contribution >= 4 is 11.8 Å². The summed E-state index contributed by atoms with van der Waals surface area (Å²) in [7, 11) is 0.